The Morgan fingerprint density at radius 1 is 1.39 bits per heavy atom. The summed E-state index contributed by atoms with van der Waals surface area (Å²) < 4.78 is 59.4. The lowest BCUT2D eigenvalue weighted by atomic mass is 10.2. The number of benzene rings is 1. The number of thiazole rings is 1. The van der Waals surface area contributed by atoms with Crippen molar-refractivity contribution in [3.05, 3.63) is 56.6 Å². The molecule has 0 spiro atoms. The minimum Gasteiger partial charge on any atom is -0.436 e. The smallest absolute Gasteiger partial charge is 0.416 e. The molecule has 0 amide bonds. The van der Waals surface area contributed by atoms with E-state index in [0.717, 1.165) is 32.7 Å². The van der Waals surface area contributed by atoms with Crippen molar-refractivity contribution in [2.75, 3.05) is 6.61 Å². The SMILES string of the molecule is Cc1sc2nc(Oc3cccc(C(F)(F)F)c3)c(F)c(=O)n2c1C1CC1CO. The zero-order chi connectivity index (χ0) is 20.2. The largest absolute Gasteiger partial charge is 0.436 e. The van der Waals surface area contributed by atoms with Gasteiger partial charge in [0.15, 0.2) is 0 Å². The molecule has 1 saturated carbocycles. The number of aliphatic hydroxyl groups is 1. The topological polar surface area (TPSA) is 63.8 Å². The predicted molar refractivity (Wildman–Crippen MR) is 93.5 cm³/mol. The first-order valence-electron chi connectivity index (χ1n) is 8.38. The first-order valence-corrected chi connectivity index (χ1v) is 9.20. The number of aryl methyl sites for hydroxylation is 1. The van der Waals surface area contributed by atoms with Crippen LogP contribution >= 0.6 is 11.3 Å². The Morgan fingerprint density at radius 2 is 2.14 bits per heavy atom. The van der Waals surface area contributed by atoms with Gasteiger partial charge in [-0.15, -0.1) is 11.3 Å². The second-order valence-electron chi connectivity index (χ2n) is 6.61. The Labute approximate surface area is 159 Å². The van der Waals surface area contributed by atoms with Gasteiger partial charge in [-0.2, -0.15) is 22.5 Å². The van der Waals surface area contributed by atoms with Crippen molar-refractivity contribution in [1.29, 1.82) is 0 Å². The molecule has 3 aromatic rings. The van der Waals surface area contributed by atoms with E-state index in [9.17, 15) is 27.5 Å². The number of aliphatic hydroxyl groups excluding tert-OH is 1. The van der Waals surface area contributed by atoms with Gasteiger partial charge in [0.05, 0.1) is 5.56 Å². The van der Waals surface area contributed by atoms with Gasteiger partial charge in [0, 0.05) is 23.1 Å². The van der Waals surface area contributed by atoms with E-state index in [0.29, 0.717) is 18.2 Å². The Kier molecular flexibility index (Phi) is 4.42. The summed E-state index contributed by atoms with van der Waals surface area (Å²) in [5, 5.41) is 9.28. The number of ether oxygens (including phenoxy) is 1. The normalized spacial score (nSPS) is 19.2. The van der Waals surface area contributed by atoms with Crippen molar-refractivity contribution in [2.24, 2.45) is 5.92 Å². The number of hydrogen-bond donors (Lipinski definition) is 1. The summed E-state index contributed by atoms with van der Waals surface area (Å²) in [4.78, 5) is 17.5. The fraction of sp³-hybridized carbons (Fsp3) is 0.333. The van der Waals surface area contributed by atoms with Crippen LogP contribution in [0.15, 0.2) is 29.1 Å². The molecule has 1 aliphatic carbocycles. The molecular formula is C18H14F4N2O3S. The first-order chi connectivity index (χ1) is 13.2. The molecule has 0 radical (unpaired) electrons. The summed E-state index contributed by atoms with van der Waals surface area (Å²) >= 11 is 1.16. The van der Waals surface area contributed by atoms with Crippen molar-refractivity contribution in [3.8, 4) is 11.6 Å². The van der Waals surface area contributed by atoms with E-state index < -0.39 is 29.0 Å². The van der Waals surface area contributed by atoms with Crippen molar-refractivity contribution < 1.29 is 27.4 Å². The van der Waals surface area contributed by atoms with Gasteiger partial charge in [0.1, 0.15) is 5.75 Å². The minimum atomic E-state index is -4.58. The first kappa shape index (κ1) is 18.9. The third-order valence-electron chi connectivity index (χ3n) is 4.70. The maximum absolute atomic E-state index is 14.6. The predicted octanol–water partition coefficient (Wildman–Crippen LogP) is 4.11. The van der Waals surface area contributed by atoms with Crippen LogP contribution in [0.2, 0.25) is 0 Å². The number of halogens is 4. The van der Waals surface area contributed by atoms with Crippen molar-refractivity contribution >= 4 is 16.3 Å². The van der Waals surface area contributed by atoms with Crippen LogP contribution in [0.25, 0.3) is 4.96 Å². The molecule has 0 bridgehead atoms. The summed E-state index contributed by atoms with van der Waals surface area (Å²) in [6.07, 6.45) is -3.89. The summed E-state index contributed by atoms with van der Waals surface area (Å²) in [5.74, 6) is -2.26. The van der Waals surface area contributed by atoms with E-state index in [1.165, 1.54) is 6.07 Å². The van der Waals surface area contributed by atoms with Gasteiger partial charge in [0.25, 0.3) is 17.3 Å². The highest BCUT2D eigenvalue weighted by atomic mass is 32.1. The summed E-state index contributed by atoms with van der Waals surface area (Å²) in [5.41, 5.74) is -1.32. The third kappa shape index (κ3) is 3.16. The van der Waals surface area contributed by atoms with Crippen LogP contribution in [0.3, 0.4) is 0 Å². The van der Waals surface area contributed by atoms with Crippen LogP contribution in [-0.4, -0.2) is 21.1 Å². The van der Waals surface area contributed by atoms with Crippen LogP contribution in [0.5, 0.6) is 11.6 Å². The number of rotatable bonds is 4. The van der Waals surface area contributed by atoms with Gasteiger partial charge < -0.3 is 9.84 Å². The third-order valence-corrected chi connectivity index (χ3v) is 5.67. The second kappa shape index (κ2) is 6.56. The Morgan fingerprint density at radius 3 is 2.79 bits per heavy atom. The zero-order valence-electron chi connectivity index (χ0n) is 14.5. The fourth-order valence-corrected chi connectivity index (χ4v) is 4.24. The van der Waals surface area contributed by atoms with E-state index in [4.69, 9.17) is 4.74 Å². The number of hydrogen-bond acceptors (Lipinski definition) is 5. The van der Waals surface area contributed by atoms with Crippen molar-refractivity contribution in [1.82, 2.24) is 9.38 Å². The lowest BCUT2D eigenvalue weighted by Gasteiger charge is -2.10. The summed E-state index contributed by atoms with van der Waals surface area (Å²) in [7, 11) is 0. The van der Waals surface area contributed by atoms with Crippen molar-refractivity contribution in [3.63, 3.8) is 0 Å². The van der Waals surface area contributed by atoms with Crippen molar-refractivity contribution in [2.45, 2.75) is 25.4 Å². The van der Waals surface area contributed by atoms with Crippen LogP contribution in [0, 0.1) is 18.7 Å². The second-order valence-corrected chi connectivity index (χ2v) is 7.79. The lowest BCUT2D eigenvalue weighted by molar-refractivity contribution is -0.137. The Hall–Kier alpha value is -2.46. The molecule has 148 valence electrons. The monoisotopic (exact) mass is 414 g/mol. The standard InChI is InChI=1S/C18H14F4N2O3S/c1-8-14(12-5-9(12)7-25)24-16(26)13(19)15(23-17(24)28-8)27-11-4-2-3-10(6-11)18(20,21)22/h2-4,6,9,12,25H,5,7H2,1H3. The van der Waals surface area contributed by atoms with Crippen LogP contribution < -0.4 is 10.3 Å². The van der Waals surface area contributed by atoms with Crippen LogP contribution in [0.4, 0.5) is 17.6 Å². The van der Waals surface area contributed by atoms with Gasteiger partial charge >= 0.3 is 6.18 Å². The molecule has 4 rings (SSSR count). The fourth-order valence-electron chi connectivity index (χ4n) is 3.22. The Balaban J connectivity index is 1.76. The maximum Gasteiger partial charge on any atom is 0.416 e. The van der Waals surface area contributed by atoms with E-state index in [1.54, 1.807) is 6.92 Å². The molecule has 2 unspecified atom stereocenters. The summed E-state index contributed by atoms with van der Waals surface area (Å²) in [6, 6.07) is 3.91. The van der Waals surface area contributed by atoms with Gasteiger partial charge in [-0.25, -0.2) is 0 Å². The molecule has 1 aliphatic rings. The number of aromatic nitrogens is 2. The molecular weight excluding hydrogens is 400 g/mol. The molecule has 0 aliphatic heterocycles. The molecule has 1 aromatic carbocycles. The molecule has 1 N–H and O–H groups in total. The quantitative estimate of drug-likeness (QED) is 0.653. The lowest BCUT2D eigenvalue weighted by Crippen LogP contribution is -2.20. The van der Waals surface area contributed by atoms with Gasteiger partial charge in [-0.3, -0.25) is 9.20 Å². The number of alkyl halides is 3. The van der Waals surface area contributed by atoms with Gasteiger partial charge in [-0.1, -0.05) is 6.07 Å². The summed E-state index contributed by atoms with van der Waals surface area (Å²) in [6.45, 7) is 1.75. The number of nitrogens with zero attached hydrogens (tertiary/aromatic N) is 2. The molecule has 0 saturated heterocycles. The highest BCUT2D eigenvalue weighted by Crippen LogP contribution is 2.49. The molecule has 1 fully saturated rings. The average Bonchev–Trinajstić information content (AvgIpc) is 3.34. The number of fused-ring (bicyclic) bond motifs is 1. The van der Waals surface area contributed by atoms with Crippen LogP contribution in [0.1, 0.15) is 28.5 Å². The Bertz CT molecular complexity index is 1120. The molecule has 2 atom stereocenters. The maximum atomic E-state index is 14.6. The molecule has 5 nitrogen and oxygen atoms in total. The van der Waals surface area contributed by atoms with E-state index in [2.05, 4.69) is 4.98 Å². The van der Waals surface area contributed by atoms with E-state index in [-0.39, 0.29) is 29.2 Å². The van der Waals surface area contributed by atoms with E-state index in [1.807, 2.05) is 0 Å². The zero-order valence-corrected chi connectivity index (χ0v) is 15.3. The highest BCUT2D eigenvalue weighted by molar-refractivity contribution is 7.17. The highest BCUT2D eigenvalue weighted by Gasteiger charge is 2.41. The average molecular weight is 414 g/mol. The van der Waals surface area contributed by atoms with Gasteiger partial charge in [0.2, 0.25) is 4.96 Å². The molecule has 10 heteroatoms. The van der Waals surface area contributed by atoms with Crippen LogP contribution in [-0.2, 0) is 6.18 Å². The molecule has 2 aromatic heterocycles. The minimum absolute atomic E-state index is 0.0208. The molecule has 2 heterocycles. The molecule has 28 heavy (non-hydrogen) atoms. The van der Waals surface area contributed by atoms with Gasteiger partial charge in [-0.05, 0) is 37.5 Å². The van der Waals surface area contributed by atoms with E-state index >= 15 is 0 Å².